The molecule has 2 aliphatic rings. The molecule has 0 amide bonds. The summed E-state index contributed by atoms with van der Waals surface area (Å²) in [6.07, 6.45) is 0. The molecule has 122 valence electrons. The lowest BCUT2D eigenvalue weighted by Crippen LogP contribution is -2.35. The SMILES string of the molecule is CN1CCN=C1NCc1ccc(CN2CCOCC2)cc1.I. The van der Waals surface area contributed by atoms with Gasteiger partial charge in [-0.25, -0.2) is 0 Å². The molecular weight excluding hydrogens is 391 g/mol. The topological polar surface area (TPSA) is 40.1 Å². The fourth-order valence-corrected chi connectivity index (χ4v) is 2.68. The minimum absolute atomic E-state index is 0. The molecule has 0 bridgehead atoms. The Kier molecular flexibility index (Phi) is 6.91. The zero-order chi connectivity index (χ0) is 14.5. The normalized spacial score (nSPS) is 18.8. The smallest absolute Gasteiger partial charge is 0.194 e. The van der Waals surface area contributed by atoms with Gasteiger partial charge in [0.15, 0.2) is 5.96 Å². The Morgan fingerprint density at radius 2 is 1.77 bits per heavy atom. The van der Waals surface area contributed by atoms with Gasteiger partial charge in [0, 0.05) is 39.8 Å². The molecule has 1 aromatic rings. The summed E-state index contributed by atoms with van der Waals surface area (Å²) in [5, 5.41) is 3.40. The van der Waals surface area contributed by atoms with Crippen LogP contribution < -0.4 is 5.32 Å². The highest BCUT2D eigenvalue weighted by Gasteiger charge is 2.12. The van der Waals surface area contributed by atoms with Crippen molar-refractivity contribution in [2.24, 2.45) is 4.99 Å². The number of halogens is 1. The molecule has 5 nitrogen and oxygen atoms in total. The Morgan fingerprint density at radius 1 is 1.09 bits per heavy atom. The fourth-order valence-electron chi connectivity index (χ4n) is 2.68. The molecule has 1 saturated heterocycles. The van der Waals surface area contributed by atoms with E-state index in [2.05, 4.69) is 51.4 Å². The number of rotatable bonds is 4. The second kappa shape index (κ2) is 8.69. The van der Waals surface area contributed by atoms with E-state index in [1.807, 2.05) is 0 Å². The van der Waals surface area contributed by atoms with Gasteiger partial charge in [0.2, 0.25) is 0 Å². The maximum Gasteiger partial charge on any atom is 0.194 e. The molecule has 0 radical (unpaired) electrons. The molecule has 0 aliphatic carbocycles. The monoisotopic (exact) mass is 416 g/mol. The standard InChI is InChI=1S/C16H24N4O.HI/c1-19-7-6-17-16(19)18-12-14-2-4-15(5-3-14)13-20-8-10-21-11-9-20;/h2-5H,6-13H2,1H3,(H,17,18);1H. The van der Waals surface area contributed by atoms with E-state index >= 15 is 0 Å². The van der Waals surface area contributed by atoms with Gasteiger partial charge in [0.05, 0.1) is 19.8 Å². The first-order valence-corrected chi connectivity index (χ1v) is 7.68. The van der Waals surface area contributed by atoms with Crippen molar-refractivity contribution >= 4 is 29.9 Å². The minimum Gasteiger partial charge on any atom is -0.379 e. The first-order valence-electron chi connectivity index (χ1n) is 7.68. The van der Waals surface area contributed by atoms with Gasteiger partial charge in [-0.3, -0.25) is 9.89 Å². The van der Waals surface area contributed by atoms with Crippen LogP contribution in [0.2, 0.25) is 0 Å². The molecule has 0 aromatic heterocycles. The third-order valence-corrected chi connectivity index (χ3v) is 4.04. The van der Waals surface area contributed by atoms with Crippen LogP contribution in [-0.4, -0.2) is 62.2 Å². The van der Waals surface area contributed by atoms with Crippen molar-refractivity contribution in [1.82, 2.24) is 15.1 Å². The molecule has 0 atom stereocenters. The highest BCUT2D eigenvalue weighted by molar-refractivity contribution is 14.0. The van der Waals surface area contributed by atoms with Crippen LogP contribution in [0.5, 0.6) is 0 Å². The summed E-state index contributed by atoms with van der Waals surface area (Å²) in [7, 11) is 2.07. The number of hydrogen-bond acceptors (Lipinski definition) is 5. The van der Waals surface area contributed by atoms with Gasteiger partial charge in [-0.1, -0.05) is 24.3 Å². The second-order valence-corrected chi connectivity index (χ2v) is 5.69. The Labute approximate surface area is 149 Å². The molecule has 2 aliphatic heterocycles. The zero-order valence-corrected chi connectivity index (χ0v) is 15.5. The number of nitrogens with zero attached hydrogens (tertiary/aromatic N) is 3. The lowest BCUT2D eigenvalue weighted by molar-refractivity contribution is 0.0342. The molecule has 1 aromatic carbocycles. The average molecular weight is 416 g/mol. The Morgan fingerprint density at radius 3 is 2.41 bits per heavy atom. The predicted octanol–water partition coefficient (Wildman–Crippen LogP) is 1.53. The number of morpholine rings is 1. The molecule has 1 N–H and O–H groups in total. The molecule has 0 saturated carbocycles. The highest BCUT2D eigenvalue weighted by Crippen LogP contribution is 2.09. The number of ether oxygens (including phenoxy) is 1. The van der Waals surface area contributed by atoms with E-state index in [4.69, 9.17) is 4.74 Å². The fraction of sp³-hybridized carbons (Fsp3) is 0.562. The summed E-state index contributed by atoms with van der Waals surface area (Å²) in [5.41, 5.74) is 2.67. The van der Waals surface area contributed by atoms with Crippen molar-refractivity contribution in [3.8, 4) is 0 Å². The third kappa shape index (κ3) is 4.82. The Balaban J connectivity index is 0.00000176. The number of likely N-dealkylation sites (N-methyl/N-ethyl adjacent to an activating group) is 1. The van der Waals surface area contributed by atoms with Gasteiger partial charge in [-0.05, 0) is 11.1 Å². The van der Waals surface area contributed by atoms with Gasteiger partial charge in [-0.2, -0.15) is 0 Å². The van der Waals surface area contributed by atoms with Crippen LogP contribution in [0.4, 0.5) is 0 Å². The zero-order valence-electron chi connectivity index (χ0n) is 13.1. The summed E-state index contributed by atoms with van der Waals surface area (Å²) >= 11 is 0. The molecule has 2 heterocycles. The number of aliphatic imine (C=N–C) groups is 1. The van der Waals surface area contributed by atoms with Crippen LogP contribution in [0.3, 0.4) is 0 Å². The maximum absolute atomic E-state index is 5.38. The van der Waals surface area contributed by atoms with E-state index in [9.17, 15) is 0 Å². The molecule has 0 unspecified atom stereocenters. The maximum atomic E-state index is 5.38. The van der Waals surface area contributed by atoms with Crippen LogP contribution in [-0.2, 0) is 17.8 Å². The van der Waals surface area contributed by atoms with Gasteiger partial charge in [0.25, 0.3) is 0 Å². The number of benzene rings is 1. The average Bonchev–Trinajstić information content (AvgIpc) is 2.93. The van der Waals surface area contributed by atoms with E-state index in [0.29, 0.717) is 0 Å². The number of nitrogens with one attached hydrogen (secondary N) is 1. The molecule has 22 heavy (non-hydrogen) atoms. The van der Waals surface area contributed by atoms with Crippen molar-refractivity contribution in [2.75, 3.05) is 46.4 Å². The van der Waals surface area contributed by atoms with Crippen LogP contribution in [0.25, 0.3) is 0 Å². The summed E-state index contributed by atoms with van der Waals surface area (Å²) in [4.78, 5) is 9.04. The van der Waals surface area contributed by atoms with Crippen molar-refractivity contribution in [2.45, 2.75) is 13.1 Å². The van der Waals surface area contributed by atoms with Crippen molar-refractivity contribution in [3.05, 3.63) is 35.4 Å². The summed E-state index contributed by atoms with van der Waals surface area (Å²) in [6, 6.07) is 8.87. The number of hydrogen-bond donors (Lipinski definition) is 1. The quantitative estimate of drug-likeness (QED) is 0.756. The van der Waals surface area contributed by atoms with E-state index in [1.54, 1.807) is 0 Å². The molecule has 6 heteroatoms. The highest BCUT2D eigenvalue weighted by atomic mass is 127. The van der Waals surface area contributed by atoms with E-state index in [0.717, 1.165) is 58.4 Å². The summed E-state index contributed by atoms with van der Waals surface area (Å²) in [5.74, 6) is 1.01. The molecule has 1 fully saturated rings. The van der Waals surface area contributed by atoms with Gasteiger partial charge >= 0.3 is 0 Å². The van der Waals surface area contributed by atoms with Crippen LogP contribution in [0.15, 0.2) is 29.3 Å². The first-order chi connectivity index (χ1) is 10.3. The van der Waals surface area contributed by atoms with E-state index in [-0.39, 0.29) is 24.0 Å². The molecular formula is C16H25IN4O. The summed E-state index contributed by atoms with van der Waals surface area (Å²) < 4.78 is 5.38. The van der Waals surface area contributed by atoms with E-state index in [1.165, 1.54) is 11.1 Å². The number of guanidine groups is 1. The van der Waals surface area contributed by atoms with E-state index < -0.39 is 0 Å². The summed E-state index contributed by atoms with van der Waals surface area (Å²) in [6.45, 7) is 7.56. The Hall–Kier alpha value is -0.860. The lowest BCUT2D eigenvalue weighted by Gasteiger charge is -2.26. The first kappa shape index (κ1) is 17.5. The molecule has 3 rings (SSSR count). The van der Waals surface area contributed by atoms with Crippen LogP contribution in [0.1, 0.15) is 11.1 Å². The van der Waals surface area contributed by atoms with Crippen LogP contribution in [0, 0.1) is 0 Å². The van der Waals surface area contributed by atoms with Gasteiger partial charge in [-0.15, -0.1) is 24.0 Å². The Bertz CT molecular complexity index is 485. The minimum atomic E-state index is 0. The van der Waals surface area contributed by atoms with Gasteiger partial charge < -0.3 is 15.0 Å². The van der Waals surface area contributed by atoms with Crippen LogP contribution >= 0.6 is 24.0 Å². The predicted molar refractivity (Wildman–Crippen MR) is 99.7 cm³/mol. The second-order valence-electron chi connectivity index (χ2n) is 5.69. The van der Waals surface area contributed by atoms with Crippen molar-refractivity contribution < 1.29 is 4.74 Å². The third-order valence-electron chi connectivity index (χ3n) is 4.04. The van der Waals surface area contributed by atoms with Crippen molar-refractivity contribution in [1.29, 1.82) is 0 Å². The lowest BCUT2D eigenvalue weighted by atomic mass is 10.1. The molecule has 0 spiro atoms. The van der Waals surface area contributed by atoms with Gasteiger partial charge in [0.1, 0.15) is 0 Å². The largest absolute Gasteiger partial charge is 0.379 e. The van der Waals surface area contributed by atoms with Crippen molar-refractivity contribution in [3.63, 3.8) is 0 Å².